The van der Waals surface area contributed by atoms with Crippen molar-refractivity contribution in [1.82, 2.24) is 20.0 Å². The number of likely N-dealkylation sites (tertiary alicyclic amines) is 1. The Morgan fingerprint density at radius 2 is 1.68 bits per heavy atom. The smallest absolute Gasteiger partial charge is 0.226 e. The van der Waals surface area contributed by atoms with E-state index in [1.54, 1.807) is 0 Å². The third-order valence-corrected chi connectivity index (χ3v) is 6.21. The Labute approximate surface area is 151 Å². The van der Waals surface area contributed by atoms with Crippen LogP contribution in [0.1, 0.15) is 39.0 Å². The average molecular weight is 351 g/mol. The SMILES string of the molecule is CCN1CCN(C(=O)CC2CCN(C(=O)C3CCCNC3)CC2)CC1. The number of carbonyl (C=O) groups excluding carboxylic acids is 2. The first-order valence-electron chi connectivity index (χ1n) is 10.2. The topological polar surface area (TPSA) is 55.9 Å². The van der Waals surface area contributed by atoms with Crippen LogP contribution in [-0.2, 0) is 9.59 Å². The summed E-state index contributed by atoms with van der Waals surface area (Å²) in [5.41, 5.74) is 0. The predicted molar refractivity (Wildman–Crippen MR) is 98.2 cm³/mol. The van der Waals surface area contributed by atoms with Crippen molar-refractivity contribution in [2.24, 2.45) is 11.8 Å². The molecule has 6 nitrogen and oxygen atoms in total. The van der Waals surface area contributed by atoms with Crippen LogP contribution >= 0.6 is 0 Å². The van der Waals surface area contributed by atoms with Crippen LogP contribution in [0.4, 0.5) is 0 Å². The summed E-state index contributed by atoms with van der Waals surface area (Å²) in [5, 5.41) is 3.33. The van der Waals surface area contributed by atoms with Gasteiger partial charge in [0.1, 0.15) is 0 Å². The van der Waals surface area contributed by atoms with Gasteiger partial charge in [0.25, 0.3) is 0 Å². The van der Waals surface area contributed by atoms with Gasteiger partial charge in [-0.2, -0.15) is 0 Å². The molecule has 3 aliphatic rings. The summed E-state index contributed by atoms with van der Waals surface area (Å²) in [6.45, 7) is 10.5. The Balaban J connectivity index is 1.38. The second-order valence-electron chi connectivity index (χ2n) is 7.83. The number of piperazine rings is 1. The van der Waals surface area contributed by atoms with Crippen molar-refractivity contribution in [3.05, 3.63) is 0 Å². The zero-order chi connectivity index (χ0) is 17.6. The molecule has 0 spiro atoms. The average Bonchev–Trinajstić information content (AvgIpc) is 2.68. The maximum Gasteiger partial charge on any atom is 0.226 e. The lowest BCUT2D eigenvalue weighted by atomic mass is 9.91. The van der Waals surface area contributed by atoms with E-state index in [9.17, 15) is 9.59 Å². The van der Waals surface area contributed by atoms with Crippen molar-refractivity contribution < 1.29 is 9.59 Å². The minimum atomic E-state index is 0.168. The van der Waals surface area contributed by atoms with Crippen molar-refractivity contribution in [3.63, 3.8) is 0 Å². The quantitative estimate of drug-likeness (QED) is 0.814. The summed E-state index contributed by atoms with van der Waals surface area (Å²) in [6.07, 6.45) is 4.75. The van der Waals surface area contributed by atoms with E-state index >= 15 is 0 Å². The molecule has 0 aromatic carbocycles. The second kappa shape index (κ2) is 8.99. The van der Waals surface area contributed by atoms with Crippen molar-refractivity contribution in [3.8, 4) is 0 Å². The summed E-state index contributed by atoms with van der Waals surface area (Å²) in [5.74, 6) is 1.26. The Kier molecular flexibility index (Phi) is 6.70. The number of hydrogen-bond acceptors (Lipinski definition) is 4. The van der Waals surface area contributed by atoms with Crippen molar-refractivity contribution in [2.75, 3.05) is 58.9 Å². The highest BCUT2D eigenvalue weighted by Gasteiger charge is 2.30. The summed E-state index contributed by atoms with van der Waals surface area (Å²) in [7, 11) is 0. The zero-order valence-corrected chi connectivity index (χ0v) is 15.7. The monoisotopic (exact) mass is 350 g/mol. The zero-order valence-electron chi connectivity index (χ0n) is 15.7. The summed E-state index contributed by atoms with van der Waals surface area (Å²) >= 11 is 0. The van der Waals surface area contributed by atoms with Crippen LogP contribution in [0.3, 0.4) is 0 Å². The molecule has 0 saturated carbocycles. The standard InChI is InChI=1S/C19H34N4O2/c1-2-21-10-12-22(13-11-21)18(24)14-16-5-8-23(9-6-16)19(25)17-4-3-7-20-15-17/h16-17,20H,2-15H2,1H3. The lowest BCUT2D eigenvalue weighted by molar-refractivity contribution is -0.138. The lowest BCUT2D eigenvalue weighted by Crippen LogP contribution is -2.49. The summed E-state index contributed by atoms with van der Waals surface area (Å²) in [6, 6.07) is 0. The minimum Gasteiger partial charge on any atom is -0.342 e. The van der Waals surface area contributed by atoms with Crippen LogP contribution in [0.25, 0.3) is 0 Å². The second-order valence-corrected chi connectivity index (χ2v) is 7.83. The number of nitrogens with one attached hydrogen (secondary N) is 1. The Morgan fingerprint density at radius 1 is 0.960 bits per heavy atom. The molecule has 25 heavy (non-hydrogen) atoms. The van der Waals surface area contributed by atoms with E-state index in [2.05, 4.69) is 17.1 Å². The number of likely N-dealkylation sites (N-methyl/N-ethyl adjacent to an activating group) is 1. The fourth-order valence-corrected chi connectivity index (χ4v) is 4.37. The number of amides is 2. The molecule has 3 saturated heterocycles. The van der Waals surface area contributed by atoms with Gasteiger partial charge in [-0.3, -0.25) is 9.59 Å². The molecular formula is C19H34N4O2. The lowest BCUT2D eigenvalue weighted by Gasteiger charge is -2.37. The van der Waals surface area contributed by atoms with Gasteiger partial charge >= 0.3 is 0 Å². The molecule has 0 aromatic rings. The minimum absolute atomic E-state index is 0.168. The first-order chi connectivity index (χ1) is 12.2. The Bertz CT molecular complexity index is 448. The molecule has 142 valence electrons. The van der Waals surface area contributed by atoms with E-state index in [0.29, 0.717) is 24.2 Å². The van der Waals surface area contributed by atoms with Crippen molar-refractivity contribution in [2.45, 2.75) is 39.0 Å². The highest BCUT2D eigenvalue weighted by molar-refractivity contribution is 5.79. The van der Waals surface area contributed by atoms with Gasteiger partial charge in [-0.1, -0.05) is 6.92 Å². The van der Waals surface area contributed by atoms with Gasteiger partial charge in [0.05, 0.1) is 5.92 Å². The molecule has 6 heteroatoms. The van der Waals surface area contributed by atoms with Gasteiger partial charge < -0.3 is 20.0 Å². The molecule has 0 radical (unpaired) electrons. The van der Waals surface area contributed by atoms with Crippen LogP contribution in [0.5, 0.6) is 0 Å². The van der Waals surface area contributed by atoms with Gasteiger partial charge in [-0.25, -0.2) is 0 Å². The van der Waals surface area contributed by atoms with E-state index in [1.807, 2.05) is 9.80 Å². The first kappa shape index (κ1) is 18.6. The van der Waals surface area contributed by atoms with Gasteiger partial charge in [-0.05, 0) is 44.7 Å². The molecule has 0 aliphatic carbocycles. The normalized spacial score (nSPS) is 26.7. The third kappa shape index (κ3) is 4.94. The molecule has 1 atom stereocenters. The molecule has 3 aliphatic heterocycles. The number of carbonyl (C=O) groups is 2. The van der Waals surface area contributed by atoms with Crippen molar-refractivity contribution in [1.29, 1.82) is 0 Å². The van der Waals surface area contributed by atoms with E-state index in [0.717, 1.165) is 84.6 Å². The molecule has 3 fully saturated rings. The van der Waals surface area contributed by atoms with Gasteiger partial charge in [0.2, 0.25) is 11.8 Å². The van der Waals surface area contributed by atoms with Crippen molar-refractivity contribution >= 4 is 11.8 Å². The fourth-order valence-electron chi connectivity index (χ4n) is 4.37. The largest absolute Gasteiger partial charge is 0.342 e. The molecule has 0 aromatic heterocycles. The maximum atomic E-state index is 12.6. The van der Waals surface area contributed by atoms with E-state index in [4.69, 9.17) is 0 Å². The number of nitrogens with zero attached hydrogens (tertiary/aromatic N) is 3. The molecule has 1 unspecified atom stereocenters. The number of rotatable bonds is 4. The van der Waals surface area contributed by atoms with Gasteiger partial charge in [-0.15, -0.1) is 0 Å². The van der Waals surface area contributed by atoms with E-state index < -0.39 is 0 Å². The van der Waals surface area contributed by atoms with Crippen LogP contribution in [0, 0.1) is 11.8 Å². The van der Waals surface area contributed by atoms with Crippen LogP contribution in [-0.4, -0.2) is 85.4 Å². The Hall–Kier alpha value is -1.14. The Morgan fingerprint density at radius 3 is 2.28 bits per heavy atom. The number of hydrogen-bond donors (Lipinski definition) is 1. The highest BCUT2D eigenvalue weighted by atomic mass is 16.2. The molecule has 3 heterocycles. The summed E-state index contributed by atoms with van der Waals surface area (Å²) in [4.78, 5) is 31.6. The maximum absolute atomic E-state index is 12.6. The van der Waals surface area contributed by atoms with Gasteiger partial charge in [0.15, 0.2) is 0 Å². The molecule has 1 N–H and O–H groups in total. The third-order valence-electron chi connectivity index (χ3n) is 6.21. The van der Waals surface area contributed by atoms with Crippen LogP contribution < -0.4 is 5.32 Å². The van der Waals surface area contributed by atoms with E-state index in [1.165, 1.54) is 0 Å². The number of piperidine rings is 2. The van der Waals surface area contributed by atoms with Gasteiger partial charge in [0, 0.05) is 52.2 Å². The highest BCUT2D eigenvalue weighted by Crippen LogP contribution is 2.24. The molecule has 0 bridgehead atoms. The molecule has 2 amide bonds. The first-order valence-corrected chi connectivity index (χ1v) is 10.2. The molecule has 3 rings (SSSR count). The predicted octanol–water partition coefficient (Wildman–Crippen LogP) is 0.779. The van der Waals surface area contributed by atoms with Crippen LogP contribution in [0.15, 0.2) is 0 Å². The molecular weight excluding hydrogens is 316 g/mol. The summed E-state index contributed by atoms with van der Waals surface area (Å²) < 4.78 is 0. The fraction of sp³-hybridized carbons (Fsp3) is 0.895. The van der Waals surface area contributed by atoms with Crippen LogP contribution in [0.2, 0.25) is 0 Å². The van der Waals surface area contributed by atoms with E-state index in [-0.39, 0.29) is 5.92 Å².